The molecule has 0 bridgehead atoms. The van der Waals surface area contributed by atoms with Crippen molar-refractivity contribution in [1.29, 1.82) is 0 Å². The van der Waals surface area contributed by atoms with Crippen LogP contribution in [0.3, 0.4) is 0 Å². The number of benzene rings is 1. The van der Waals surface area contributed by atoms with Gasteiger partial charge in [-0.2, -0.15) is 13.2 Å². The highest BCUT2D eigenvalue weighted by molar-refractivity contribution is 6.12. The second kappa shape index (κ2) is 7.23. The number of aliphatic imine (C=N–C) groups is 1. The number of alkyl halides is 3. The van der Waals surface area contributed by atoms with Gasteiger partial charge in [-0.3, -0.25) is 10.1 Å². The average molecular weight is 412 g/mol. The third-order valence-corrected chi connectivity index (χ3v) is 4.68. The molecule has 2 heterocycles. The van der Waals surface area contributed by atoms with Gasteiger partial charge in [0, 0.05) is 18.8 Å². The van der Waals surface area contributed by atoms with E-state index in [4.69, 9.17) is 4.74 Å². The number of carbonyl (C=O) groups is 2. The SMILES string of the molecule is CC(C)(C)OC(=O)N1CCC2(CC1)N=C(Nc1cccc(C(F)(F)F)c1)NC2=O. The van der Waals surface area contributed by atoms with E-state index in [9.17, 15) is 22.8 Å². The van der Waals surface area contributed by atoms with Gasteiger partial charge in [0.2, 0.25) is 5.96 Å². The van der Waals surface area contributed by atoms with Crippen LogP contribution in [0.15, 0.2) is 29.3 Å². The van der Waals surface area contributed by atoms with Crippen LogP contribution in [0.4, 0.5) is 23.7 Å². The molecule has 0 aromatic heterocycles. The van der Waals surface area contributed by atoms with Gasteiger partial charge < -0.3 is 15.0 Å². The molecule has 3 rings (SSSR count). The highest BCUT2D eigenvalue weighted by Gasteiger charge is 2.47. The van der Waals surface area contributed by atoms with Crippen LogP contribution >= 0.6 is 0 Å². The van der Waals surface area contributed by atoms with E-state index in [0.717, 1.165) is 12.1 Å². The molecule has 2 aliphatic heterocycles. The molecule has 2 aliphatic rings. The Labute approximate surface area is 166 Å². The van der Waals surface area contributed by atoms with Gasteiger partial charge in [0.05, 0.1) is 5.56 Å². The zero-order valence-corrected chi connectivity index (χ0v) is 16.4. The lowest BCUT2D eigenvalue weighted by Gasteiger charge is -2.36. The summed E-state index contributed by atoms with van der Waals surface area (Å²) in [6.07, 6.45) is -4.32. The number of carbonyl (C=O) groups excluding carboxylic acids is 2. The number of halogens is 3. The monoisotopic (exact) mass is 412 g/mol. The minimum absolute atomic E-state index is 0.0973. The third-order valence-electron chi connectivity index (χ3n) is 4.68. The number of guanidine groups is 1. The van der Waals surface area contributed by atoms with Crippen molar-refractivity contribution >= 4 is 23.6 Å². The number of nitrogens with one attached hydrogen (secondary N) is 2. The number of hydrogen-bond donors (Lipinski definition) is 2. The third kappa shape index (κ3) is 4.80. The van der Waals surface area contributed by atoms with Crippen LogP contribution in [0, 0.1) is 0 Å². The Morgan fingerprint density at radius 3 is 2.48 bits per heavy atom. The molecule has 1 saturated heterocycles. The van der Waals surface area contributed by atoms with Gasteiger partial charge in [-0.25, -0.2) is 9.79 Å². The number of anilines is 1. The first-order chi connectivity index (χ1) is 13.4. The van der Waals surface area contributed by atoms with Gasteiger partial charge in [-0.1, -0.05) is 6.07 Å². The van der Waals surface area contributed by atoms with Crippen molar-refractivity contribution in [2.45, 2.75) is 50.9 Å². The molecule has 0 atom stereocenters. The summed E-state index contributed by atoms with van der Waals surface area (Å²) < 4.78 is 43.9. The van der Waals surface area contributed by atoms with Crippen LogP contribution in [0.25, 0.3) is 0 Å². The molecular formula is C19H23F3N4O3. The summed E-state index contributed by atoms with van der Waals surface area (Å²) in [4.78, 5) is 30.6. The molecule has 1 spiro atoms. The van der Waals surface area contributed by atoms with Crippen molar-refractivity contribution in [3.63, 3.8) is 0 Å². The zero-order valence-electron chi connectivity index (χ0n) is 16.4. The van der Waals surface area contributed by atoms with Crippen LogP contribution < -0.4 is 10.6 Å². The molecular weight excluding hydrogens is 389 g/mol. The Kier molecular flexibility index (Phi) is 5.22. The van der Waals surface area contributed by atoms with Crippen molar-refractivity contribution in [3.8, 4) is 0 Å². The minimum atomic E-state index is -4.46. The average Bonchev–Trinajstić information content (AvgIpc) is 2.88. The van der Waals surface area contributed by atoms with E-state index in [0.29, 0.717) is 25.9 Å². The van der Waals surface area contributed by atoms with Gasteiger partial charge in [-0.15, -0.1) is 0 Å². The molecule has 1 aromatic carbocycles. The summed E-state index contributed by atoms with van der Waals surface area (Å²) in [5.74, 6) is -0.240. The lowest BCUT2D eigenvalue weighted by Crippen LogP contribution is -2.51. The quantitative estimate of drug-likeness (QED) is 0.741. The molecule has 0 radical (unpaired) electrons. The van der Waals surface area contributed by atoms with Crippen molar-refractivity contribution in [3.05, 3.63) is 29.8 Å². The lowest BCUT2D eigenvalue weighted by molar-refractivity contribution is -0.137. The first kappa shape index (κ1) is 20.9. The van der Waals surface area contributed by atoms with Crippen LogP contribution in [0.1, 0.15) is 39.2 Å². The highest BCUT2D eigenvalue weighted by Crippen LogP contribution is 2.32. The second-order valence-electron chi connectivity index (χ2n) is 8.12. The highest BCUT2D eigenvalue weighted by atomic mass is 19.4. The maximum atomic E-state index is 12.9. The number of likely N-dealkylation sites (tertiary alicyclic amines) is 1. The number of hydrogen-bond acceptors (Lipinski definition) is 5. The van der Waals surface area contributed by atoms with E-state index in [-0.39, 0.29) is 17.6 Å². The molecule has 10 heteroatoms. The number of piperidine rings is 1. The van der Waals surface area contributed by atoms with Gasteiger partial charge in [-0.05, 0) is 51.8 Å². The topological polar surface area (TPSA) is 83.0 Å². The summed E-state index contributed by atoms with van der Waals surface area (Å²) in [6, 6.07) is 4.65. The molecule has 2 amide bonds. The van der Waals surface area contributed by atoms with Crippen LogP contribution in [-0.4, -0.2) is 47.1 Å². The largest absolute Gasteiger partial charge is 0.444 e. The summed E-state index contributed by atoms with van der Waals surface area (Å²) >= 11 is 0. The first-order valence-electron chi connectivity index (χ1n) is 9.22. The fourth-order valence-corrected chi connectivity index (χ4v) is 3.21. The summed E-state index contributed by atoms with van der Waals surface area (Å²) in [5.41, 5.74) is -2.28. The molecule has 29 heavy (non-hydrogen) atoms. The maximum Gasteiger partial charge on any atom is 0.416 e. The summed E-state index contributed by atoms with van der Waals surface area (Å²) in [6.45, 7) is 5.91. The van der Waals surface area contributed by atoms with Gasteiger partial charge in [0.15, 0.2) is 0 Å². The Morgan fingerprint density at radius 2 is 1.90 bits per heavy atom. The molecule has 0 aliphatic carbocycles. The molecule has 1 fully saturated rings. The van der Waals surface area contributed by atoms with E-state index in [1.807, 2.05) is 0 Å². The zero-order chi connectivity index (χ0) is 21.4. The van der Waals surface area contributed by atoms with E-state index in [1.54, 1.807) is 20.8 Å². The van der Waals surface area contributed by atoms with Gasteiger partial charge >= 0.3 is 12.3 Å². The molecule has 0 unspecified atom stereocenters. The molecule has 2 N–H and O–H groups in total. The Hall–Kier alpha value is -2.78. The fraction of sp³-hybridized carbons (Fsp3) is 0.526. The van der Waals surface area contributed by atoms with E-state index in [1.165, 1.54) is 17.0 Å². The molecule has 1 aromatic rings. The number of amides is 2. The predicted molar refractivity (Wildman–Crippen MR) is 100 cm³/mol. The van der Waals surface area contributed by atoms with Crippen LogP contribution in [-0.2, 0) is 15.7 Å². The van der Waals surface area contributed by atoms with Crippen molar-refractivity contribution < 1.29 is 27.5 Å². The van der Waals surface area contributed by atoms with E-state index < -0.39 is 29.0 Å². The first-order valence-corrected chi connectivity index (χ1v) is 9.22. The summed E-state index contributed by atoms with van der Waals surface area (Å²) in [7, 11) is 0. The smallest absolute Gasteiger partial charge is 0.416 e. The van der Waals surface area contributed by atoms with E-state index in [2.05, 4.69) is 15.6 Å². The number of ether oxygens (including phenoxy) is 1. The van der Waals surface area contributed by atoms with Gasteiger partial charge in [0.1, 0.15) is 11.1 Å². The normalized spacial score (nSPS) is 19.0. The van der Waals surface area contributed by atoms with Crippen molar-refractivity contribution in [2.24, 2.45) is 4.99 Å². The Bertz CT molecular complexity index is 838. The fourth-order valence-electron chi connectivity index (χ4n) is 3.21. The second-order valence-corrected chi connectivity index (χ2v) is 8.12. The minimum Gasteiger partial charge on any atom is -0.444 e. The maximum absolute atomic E-state index is 12.9. The van der Waals surface area contributed by atoms with Gasteiger partial charge in [0.25, 0.3) is 5.91 Å². The standard InChI is InChI=1S/C19H23F3N4O3/c1-17(2,3)29-16(28)26-9-7-18(8-10-26)14(27)24-15(25-18)23-13-6-4-5-12(11-13)19(20,21)22/h4-6,11H,7-10H2,1-3H3,(H2,23,24,25,27). The number of rotatable bonds is 1. The molecule has 158 valence electrons. The Morgan fingerprint density at radius 1 is 1.24 bits per heavy atom. The van der Waals surface area contributed by atoms with Crippen molar-refractivity contribution in [2.75, 3.05) is 18.4 Å². The molecule has 0 saturated carbocycles. The van der Waals surface area contributed by atoms with Crippen molar-refractivity contribution in [1.82, 2.24) is 10.2 Å². The molecule has 7 nitrogen and oxygen atoms in total. The predicted octanol–water partition coefficient (Wildman–Crippen LogP) is 3.37. The van der Waals surface area contributed by atoms with Crippen LogP contribution in [0.5, 0.6) is 0 Å². The Balaban J connectivity index is 1.67. The lowest BCUT2D eigenvalue weighted by atomic mass is 9.88. The van der Waals surface area contributed by atoms with Crippen LogP contribution in [0.2, 0.25) is 0 Å². The summed E-state index contributed by atoms with van der Waals surface area (Å²) in [5, 5.41) is 5.32. The number of nitrogens with zero attached hydrogens (tertiary/aromatic N) is 2. The van der Waals surface area contributed by atoms with E-state index >= 15 is 0 Å².